The number of hydrogen-bond acceptors (Lipinski definition) is 3. The number of anilines is 2. The third-order valence-electron chi connectivity index (χ3n) is 3.25. The molecule has 2 aromatic rings. The molecule has 0 atom stereocenters. The Morgan fingerprint density at radius 3 is 2.21 bits per heavy atom. The lowest BCUT2D eigenvalue weighted by Crippen LogP contribution is -2.18. The van der Waals surface area contributed by atoms with Gasteiger partial charge in [0.1, 0.15) is 5.82 Å². The summed E-state index contributed by atoms with van der Waals surface area (Å²) in [4.78, 5) is 23.7. The Kier molecular flexibility index (Phi) is 6.37. The van der Waals surface area contributed by atoms with Gasteiger partial charge in [-0.3, -0.25) is 9.59 Å². The van der Waals surface area contributed by atoms with Crippen LogP contribution in [0.15, 0.2) is 42.5 Å². The molecule has 0 aliphatic carbocycles. The van der Waals surface area contributed by atoms with Gasteiger partial charge in [0.15, 0.2) is 0 Å². The van der Waals surface area contributed by atoms with Crippen molar-refractivity contribution in [3.05, 3.63) is 59.4 Å². The summed E-state index contributed by atoms with van der Waals surface area (Å²) in [5.74, 6) is -0.403. The molecule has 2 rings (SSSR count). The summed E-state index contributed by atoms with van der Waals surface area (Å²) in [6.07, 6.45) is 0. The molecular weight excluding hydrogens is 327 g/mol. The van der Waals surface area contributed by atoms with E-state index >= 15 is 0 Å². The molecular formula is C18H19FN2O2S. The highest BCUT2D eigenvalue weighted by Crippen LogP contribution is 2.16. The second-order valence-electron chi connectivity index (χ2n) is 5.41. The number of hydrogen-bond donors (Lipinski definition) is 2. The smallest absolute Gasteiger partial charge is 0.234 e. The van der Waals surface area contributed by atoms with Crippen molar-refractivity contribution in [3.8, 4) is 0 Å². The van der Waals surface area contributed by atoms with Crippen LogP contribution >= 0.6 is 11.8 Å². The van der Waals surface area contributed by atoms with E-state index in [0.29, 0.717) is 5.69 Å². The fourth-order valence-electron chi connectivity index (χ4n) is 2.11. The molecule has 0 bridgehead atoms. The quantitative estimate of drug-likeness (QED) is 0.837. The Morgan fingerprint density at radius 1 is 0.958 bits per heavy atom. The van der Waals surface area contributed by atoms with Crippen molar-refractivity contribution < 1.29 is 14.0 Å². The van der Waals surface area contributed by atoms with E-state index in [1.807, 2.05) is 32.0 Å². The zero-order valence-electron chi connectivity index (χ0n) is 13.6. The van der Waals surface area contributed by atoms with Gasteiger partial charge >= 0.3 is 0 Å². The van der Waals surface area contributed by atoms with E-state index in [1.54, 1.807) is 0 Å². The lowest BCUT2D eigenvalue weighted by molar-refractivity contribution is -0.114. The third kappa shape index (κ3) is 5.70. The van der Waals surface area contributed by atoms with E-state index in [-0.39, 0.29) is 29.1 Å². The molecule has 126 valence electrons. The number of amides is 2. The molecule has 24 heavy (non-hydrogen) atoms. The van der Waals surface area contributed by atoms with E-state index in [1.165, 1.54) is 36.0 Å². The number of benzene rings is 2. The van der Waals surface area contributed by atoms with Crippen LogP contribution in [0.2, 0.25) is 0 Å². The highest BCUT2D eigenvalue weighted by atomic mass is 32.2. The maximum atomic E-state index is 12.8. The highest BCUT2D eigenvalue weighted by molar-refractivity contribution is 8.00. The Balaban J connectivity index is 1.73. The molecule has 0 heterocycles. The van der Waals surface area contributed by atoms with Crippen molar-refractivity contribution in [2.45, 2.75) is 13.8 Å². The molecule has 0 spiro atoms. The van der Waals surface area contributed by atoms with Crippen LogP contribution in [-0.2, 0) is 9.59 Å². The van der Waals surface area contributed by atoms with Crippen molar-refractivity contribution in [2.24, 2.45) is 0 Å². The largest absolute Gasteiger partial charge is 0.325 e. The van der Waals surface area contributed by atoms with E-state index in [4.69, 9.17) is 0 Å². The molecule has 2 N–H and O–H groups in total. The monoisotopic (exact) mass is 346 g/mol. The van der Waals surface area contributed by atoms with Crippen LogP contribution < -0.4 is 10.6 Å². The van der Waals surface area contributed by atoms with Crippen LogP contribution in [0.4, 0.5) is 15.8 Å². The van der Waals surface area contributed by atoms with Gasteiger partial charge in [-0.2, -0.15) is 0 Å². The first kappa shape index (κ1) is 18.0. The summed E-state index contributed by atoms with van der Waals surface area (Å²) >= 11 is 1.22. The standard InChI is InChI=1S/C18H19FN2O2S/c1-12-3-8-16(13(2)9-12)21-18(23)11-24-10-17(22)20-15-6-4-14(19)5-7-15/h3-9H,10-11H2,1-2H3,(H,20,22)(H,21,23). The molecule has 0 radical (unpaired) electrons. The summed E-state index contributed by atoms with van der Waals surface area (Å²) in [7, 11) is 0. The SMILES string of the molecule is Cc1ccc(NC(=O)CSCC(=O)Nc2ccc(F)cc2)c(C)c1. The second-order valence-corrected chi connectivity index (χ2v) is 6.40. The number of rotatable bonds is 6. The number of aryl methyl sites for hydroxylation is 2. The normalized spacial score (nSPS) is 10.3. The molecule has 0 saturated carbocycles. The fraction of sp³-hybridized carbons (Fsp3) is 0.222. The van der Waals surface area contributed by atoms with Crippen LogP contribution in [0.3, 0.4) is 0 Å². The minimum Gasteiger partial charge on any atom is -0.325 e. The van der Waals surface area contributed by atoms with E-state index in [9.17, 15) is 14.0 Å². The van der Waals surface area contributed by atoms with Gasteiger partial charge in [0.05, 0.1) is 11.5 Å². The van der Waals surface area contributed by atoms with Crippen LogP contribution in [0.1, 0.15) is 11.1 Å². The molecule has 0 aliphatic rings. The zero-order valence-corrected chi connectivity index (χ0v) is 14.4. The predicted molar refractivity (Wildman–Crippen MR) is 96.9 cm³/mol. The number of carbonyl (C=O) groups excluding carboxylic acids is 2. The molecule has 2 amide bonds. The molecule has 0 aromatic heterocycles. The van der Waals surface area contributed by atoms with Crippen molar-refractivity contribution in [1.82, 2.24) is 0 Å². The minimum atomic E-state index is -0.356. The van der Waals surface area contributed by atoms with E-state index in [2.05, 4.69) is 10.6 Å². The summed E-state index contributed by atoms with van der Waals surface area (Å²) in [6, 6.07) is 11.3. The van der Waals surface area contributed by atoms with Crippen LogP contribution in [0.5, 0.6) is 0 Å². The Labute approximate surface area is 144 Å². The number of halogens is 1. The molecule has 0 saturated heterocycles. The van der Waals surface area contributed by atoms with Crippen LogP contribution in [0, 0.1) is 19.7 Å². The summed E-state index contributed by atoms with van der Waals surface area (Å²) in [6.45, 7) is 3.93. The Bertz CT molecular complexity index is 732. The van der Waals surface area contributed by atoms with Crippen molar-refractivity contribution in [1.29, 1.82) is 0 Å². The maximum Gasteiger partial charge on any atom is 0.234 e. The Hall–Kier alpha value is -2.34. The lowest BCUT2D eigenvalue weighted by Gasteiger charge is -2.09. The first-order valence-electron chi connectivity index (χ1n) is 7.44. The molecule has 2 aromatic carbocycles. The molecule has 6 heteroatoms. The average Bonchev–Trinajstić information content (AvgIpc) is 2.52. The van der Waals surface area contributed by atoms with Crippen molar-refractivity contribution in [3.63, 3.8) is 0 Å². The topological polar surface area (TPSA) is 58.2 Å². The van der Waals surface area contributed by atoms with E-state index < -0.39 is 0 Å². The first-order valence-corrected chi connectivity index (χ1v) is 8.60. The zero-order chi connectivity index (χ0) is 17.5. The van der Waals surface area contributed by atoms with Gasteiger partial charge in [-0.1, -0.05) is 17.7 Å². The number of carbonyl (C=O) groups is 2. The average molecular weight is 346 g/mol. The molecule has 0 fully saturated rings. The molecule has 0 unspecified atom stereocenters. The van der Waals surface area contributed by atoms with Gasteiger partial charge in [0.2, 0.25) is 11.8 Å². The van der Waals surface area contributed by atoms with Gasteiger partial charge in [-0.05, 0) is 49.7 Å². The molecule has 4 nitrogen and oxygen atoms in total. The summed E-state index contributed by atoms with van der Waals surface area (Å²) in [5.41, 5.74) is 3.45. The van der Waals surface area contributed by atoms with Crippen molar-refractivity contribution in [2.75, 3.05) is 22.1 Å². The fourth-order valence-corrected chi connectivity index (χ4v) is 2.72. The number of nitrogens with one attached hydrogen (secondary N) is 2. The van der Waals surface area contributed by atoms with Crippen LogP contribution in [0.25, 0.3) is 0 Å². The van der Waals surface area contributed by atoms with Gasteiger partial charge in [-0.15, -0.1) is 11.8 Å². The van der Waals surface area contributed by atoms with Gasteiger partial charge in [-0.25, -0.2) is 4.39 Å². The summed E-state index contributed by atoms with van der Waals surface area (Å²) in [5, 5.41) is 5.48. The second kappa shape index (κ2) is 8.49. The Morgan fingerprint density at radius 2 is 1.58 bits per heavy atom. The predicted octanol–water partition coefficient (Wildman–Crippen LogP) is 3.75. The molecule has 0 aliphatic heterocycles. The van der Waals surface area contributed by atoms with Gasteiger partial charge < -0.3 is 10.6 Å². The lowest BCUT2D eigenvalue weighted by atomic mass is 10.1. The van der Waals surface area contributed by atoms with Gasteiger partial charge in [0.25, 0.3) is 0 Å². The van der Waals surface area contributed by atoms with Crippen molar-refractivity contribution >= 4 is 35.0 Å². The highest BCUT2D eigenvalue weighted by Gasteiger charge is 2.08. The maximum absolute atomic E-state index is 12.8. The number of thioether (sulfide) groups is 1. The summed E-state index contributed by atoms with van der Waals surface area (Å²) < 4.78 is 12.8. The third-order valence-corrected chi connectivity index (χ3v) is 4.18. The first-order chi connectivity index (χ1) is 11.4. The van der Waals surface area contributed by atoms with Crippen LogP contribution in [-0.4, -0.2) is 23.3 Å². The van der Waals surface area contributed by atoms with E-state index in [0.717, 1.165) is 16.8 Å². The minimum absolute atomic E-state index is 0.150. The van der Waals surface area contributed by atoms with Gasteiger partial charge in [0, 0.05) is 11.4 Å².